The molecule has 0 aliphatic carbocycles. The highest BCUT2D eigenvalue weighted by atomic mass is 16.2. The van der Waals surface area contributed by atoms with Crippen molar-refractivity contribution in [1.29, 1.82) is 0 Å². The molecule has 4 amide bonds. The molecule has 26 heavy (non-hydrogen) atoms. The van der Waals surface area contributed by atoms with Gasteiger partial charge in [0.25, 0.3) is 5.91 Å². The molecule has 2 aromatic rings. The van der Waals surface area contributed by atoms with E-state index in [0.717, 1.165) is 22.4 Å². The number of hydrogen-bond donors (Lipinski definition) is 2. The van der Waals surface area contributed by atoms with Gasteiger partial charge in [-0.3, -0.25) is 14.5 Å². The van der Waals surface area contributed by atoms with E-state index in [1.54, 1.807) is 0 Å². The molecule has 1 heterocycles. The highest BCUT2D eigenvalue weighted by Crippen LogP contribution is 2.14. The summed E-state index contributed by atoms with van der Waals surface area (Å²) in [6.07, 6.45) is 0.669. The van der Waals surface area contributed by atoms with Crippen LogP contribution in [-0.4, -0.2) is 35.3 Å². The van der Waals surface area contributed by atoms with Crippen molar-refractivity contribution < 1.29 is 14.4 Å². The van der Waals surface area contributed by atoms with Gasteiger partial charge in [-0.1, -0.05) is 60.7 Å². The first-order valence-corrected chi connectivity index (χ1v) is 8.60. The molecule has 1 aliphatic rings. The molecule has 0 radical (unpaired) electrons. The Hall–Kier alpha value is -3.15. The Balaban J connectivity index is 1.48. The lowest BCUT2D eigenvalue weighted by molar-refractivity contribution is -0.131. The van der Waals surface area contributed by atoms with Crippen molar-refractivity contribution in [2.75, 3.05) is 6.54 Å². The van der Waals surface area contributed by atoms with Gasteiger partial charge in [-0.15, -0.1) is 0 Å². The first-order chi connectivity index (χ1) is 12.6. The Kier molecular flexibility index (Phi) is 5.63. The van der Waals surface area contributed by atoms with Crippen LogP contribution in [0.1, 0.15) is 17.5 Å². The molecule has 0 saturated carbocycles. The lowest BCUT2D eigenvalue weighted by Gasteiger charge is -2.13. The van der Waals surface area contributed by atoms with Gasteiger partial charge in [0.15, 0.2) is 0 Å². The summed E-state index contributed by atoms with van der Waals surface area (Å²) >= 11 is 0. The van der Waals surface area contributed by atoms with Crippen LogP contribution in [0.25, 0.3) is 0 Å². The first-order valence-electron chi connectivity index (χ1n) is 8.60. The molecule has 1 atom stereocenters. The minimum absolute atomic E-state index is 0.0509. The van der Waals surface area contributed by atoms with Crippen LogP contribution in [0.5, 0.6) is 0 Å². The fraction of sp³-hybridized carbons (Fsp3) is 0.250. The summed E-state index contributed by atoms with van der Waals surface area (Å²) in [6.45, 7) is 0.697. The van der Waals surface area contributed by atoms with E-state index in [1.165, 1.54) is 0 Å². The maximum atomic E-state index is 12.4. The molecule has 1 fully saturated rings. The third-order valence-electron chi connectivity index (χ3n) is 4.26. The fourth-order valence-electron chi connectivity index (χ4n) is 2.88. The third kappa shape index (κ3) is 4.47. The number of carbonyl (C=O) groups excluding carboxylic acids is 3. The molecular formula is C20H21N3O3. The lowest BCUT2D eigenvalue weighted by atomic mass is 10.1. The van der Waals surface area contributed by atoms with Crippen molar-refractivity contribution >= 4 is 17.8 Å². The molecule has 1 unspecified atom stereocenters. The minimum Gasteiger partial charge on any atom is -0.356 e. The Morgan fingerprint density at radius 3 is 2.23 bits per heavy atom. The van der Waals surface area contributed by atoms with Crippen molar-refractivity contribution in [1.82, 2.24) is 15.5 Å². The second-order valence-corrected chi connectivity index (χ2v) is 6.20. The SMILES string of the molecule is O=C(CC1NC(=O)N(Cc2ccccc2)C1=O)NCCc1ccccc1. The predicted molar refractivity (Wildman–Crippen MR) is 97.1 cm³/mol. The van der Waals surface area contributed by atoms with E-state index in [-0.39, 0.29) is 24.8 Å². The van der Waals surface area contributed by atoms with Crippen LogP contribution < -0.4 is 10.6 Å². The highest BCUT2D eigenvalue weighted by molar-refractivity contribution is 6.05. The van der Waals surface area contributed by atoms with Crippen molar-refractivity contribution in [2.24, 2.45) is 0 Å². The molecular weight excluding hydrogens is 330 g/mol. The number of amides is 4. The summed E-state index contributed by atoms with van der Waals surface area (Å²) in [5, 5.41) is 5.39. The number of nitrogens with zero attached hydrogens (tertiary/aromatic N) is 1. The fourth-order valence-corrected chi connectivity index (χ4v) is 2.88. The van der Waals surface area contributed by atoms with E-state index in [2.05, 4.69) is 10.6 Å². The topological polar surface area (TPSA) is 78.5 Å². The van der Waals surface area contributed by atoms with E-state index in [4.69, 9.17) is 0 Å². The molecule has 1 aliphatic heterocycles. The van der Waals surface area contributed by atoms with Gasteiger partial charge >= 0.3 is 6.03 Å². The van der Waals surface area contributed by atoms with Gasteiger partial charge in [0, 0.05) is 6.54 Å². The first kappa shape index (κ1) is 17.7. The van der Waals surface area contributed by atoms with Gasteiger partial charge < -0.3 is 10.6 Å². The van der Waals surface area contributed by atoms with Crippen LogP contribution in [-0.2, 0) is 22.6 Å². The van der Waals surface area contributed by atoms with Crippen LogP contribution in [0.2, 0.25) is 0 Å². The van der Waals surface area contributed by atoms with Gasteiger partial charge in [0.05, 0.1) is 13.0 Å². The van der Waals surface area contributed by atoms with Crippen LogP contribution in [0, 0.1) is 0 Å². The third-order valence-corrected chi connectivity index (χ3v) is 4.26. The Morgan fingerprint density at radius 1 is 0.962 bits per heavy atom. The molecule has 1 saturated heterocycles. The summed E-state index contributed by atoms with van der Waals surface area (Å²) in [4.78, 5) is 37.7. The van der Waals surface area contributed by atoms with E-state index in [1.807, 2.05) is 60.7 Å². The van der Waals surface area contributed by atoms with Gasteiger partial charge in [-0.05, 0) is 17.5 Å². The standard InChI is InChI=1S/C20H21N3O3/c24-18(21-12-11-15-7-3-1-4-8-15)13-17-19(25)23(20(26)22-17)14-16-9-5-2-6-10-16/h1-10,17H,11-14H2,(H,21,24)(H,22,26). The van der Waals surface area contributed by atoms with E-state index in [9.17, 15) is 14.4 Å². The molecule has 2 aromatic carbocycles. The number of nitrogens with one attached hydrogen (secondary N) is 2. The second-order valence-electron chi connectivity index (χ2n) is 6.20. The predicted octanol–water partition coefficient (Wildman–Crippen LogP) is 1.86. The van der Waals surface area contributed by atoms with Gasteiger partial charge in [0.2, 0.25) is 5.91 Å². The molecule has 0 aromatic heterocycles. The maximum absolute atomic E-state index is 12.4. The van der Waals surface area contributed by atoms with Crippen molar-refractivity contribution in [3.05, 3.63) is 71.8 Å². The van der Waals surface area contributed by atoms with Crippen LogP contribution in [0.4, 0.5) is 4.79 Å². The Bertz CT molecular complexity index is 777. The van der Waals surface area contributed by atoms with Crippen molar-refractivity contribution in [2.45, 2.75) is 25.4 Å². The van der Waals surface area contributed by atoms with Gasteiger partial charge in [-0.25, -0.2) is 4.79 Å². The zero-order valence-electron chi connectivity index (χ0n) is 14.4. The number of hydrogen-bond acceptors (Lipinski definition) is 3. The minimum atomic E-state index is -0.803. The number of imide groups is 1. The summed E-state index contributed by atoms with van der Waals surface area (Å²) < 4.78 is 0. The smallest absolute Gasteiger partial charge is 0.325 e. The van der Waals surface area contributed by atoms with Crippen molar-refractivity contribution in [3.63, 3.8) is 0 Å². The summed E-state index contributed by atoms with van der Waals surface area (Å²) in [5.74, 6) is -0.613. The van der Waals surface area contributed by atoms with Gasteiger partial charge in [0.1, 0.15) is 6.04 Å². The maximum Gasteiger partial charge on any atom is 0.325 e. The monoisotopic (exact) mass is 351 g/mol. The van der Waals surface area contributed by atoms with Crippen LogP contribution in [0.15, 0.2) is 60.7 Å². The van der Waals surface area contributed by atoms with E-state index < -0.39 is 12.1 Å². The average Bonchev–Trinajstić information content (AvgIpc) is 2.91. The Morgan fingerprint density at radius 2 is 1.58 bits per heavy atom. The number of benzene rings is 2. The molecule has 6 heteroatoms. The summed E-state index contributed by atoms with van der Waals surface area (Å²) in [7, 11) is 0. The van der Waals surface area contributed by atoms with E-state index >= 15 is 0 Å². The van der Waals surface area contributed by atoms with Gasteiger partial charge in [-0.2, -0.15) is 0 Å². The lowest BCUT2D eigenvalue weighted by Crippen LogP contribution is -2.37. The molecule has 2 N–H and O–H groups in total. The van der Waals surface area contributed by atoms with Crippen LogP contribution >= 0.6 is 0 Å². The average molecular weight is 351 g/mol. The number of rotatable bonds is 7. The summed E-state index contributed by atoms with van der Waals surface area (Å²) in [6, 6.07) is 17.9. The summed E-state index contributed by atoms with van der Waals surface area (Å²) in [5.41, 5.74) is 2.00. The quantitative estimate of drug-likeness (QED) is 0.748. The second kappa shape index (κ2) is 8.29. The zero-order chi connectivity index (χ0) is 18.4. The zero-order valence-corrected chi connectivity index (χ0v) is 14.4. The molecule has 0 bridgehead atoms. The number of carbonyl (C=O) groups is 3. The molecule has 6 nitrogen and oxygen atoms in total. The van der Waals surface area contributed by atoms with E-state index in [0.29, 0.717) is 6.54 Å². The van der Waals surface area contributed by atoms with Crippen molar-refractivity contribution in [3.8, 4) is 0 Å². The molecule has 3 rings (SSSR count). The normalized spacial score (nSPS) is 16.5. The largest absolute Gasteiger partial charge is 0.356 e. The molecule has 0 spiro atoms. The highest BCUT2D eigenvalue weighted by Gasteiger charge is 2.38. The van der Waals surface area contributed by atoms with Crippen LogP contribution in [0.3, 0.4) is 0 Å². The Labute approximate surface area is 152 Å². The number of urea groups is 1. The molecule has 134 valence electrons.